The second-order valence-electron chi connectivity index (χ2n) is 3.66. The van der Waals surface area contributed by atoms with Crippen LogP contribution in [0.15, 0.2) is 6.20 Å². The predicted octanol–water partition coefficient (Wildman–Crippen LogP) is -0.396. The first-order valence-corrected chi connectivity index (χ1v) is 7.19. The number of hydrogen-bond donors (Lipinski definition) is 1. The molecule has 0 unspecified atom stereocenters. The number of rotatable bonds is 7. The van der Waals surface area contributed by atoms with Gasteiger partial charge in [-0.05, 0) is 13.0 Å². The van der Waals surface area contributed by atoms with E-state index in [0.29, 0.717) is 25.9 Å². The molecule has 0 saturated carbocycles. The molecule has 0 spiro atoms. The van der Waals surface area contributed by atoms with Crippen molar-refractivity contribution in [3.05, 3.63) is 11.9 Å². The van der Waals surface area contributed by atoms with Crippen LogP contribution in [0.25, 0.3) is 0 Å². The number of nitrogens with zero attached hydrogens (tertiary/aromatic N) is 3. The van der Waals surface area contributed by atoms with Crippen LogP contribution in [0.5, 0.6) is 0 Å². The Bertz CT molecular complexity index is 413. The normalized spacial score (nSPS) is 11.9. The molecule has 0 saturated heterocycles. The fraction of sp³-hybridized carbons (Fsp3) is 0.778. The van der Waals surface area contributed by atoms with Crippen molar-refractivity contribution in [3.63, 3.8) is 0 Å². The van der Waals surface area contributed by atoms with Crippen molar-refractivity contribution in [1.29, 1.82) is 0 Å². The van der Waals surface area contributed by atoms with Gasteiger partial charge in [-0.15, -0.1) is 5.10 Å². The lowest BCUT2D eigenvalue weighted by molar-refractivity contribution is 0.574. The van der Waals surface area contributed by atoms with E-state index in [2.05, 4.69) is 10.3 Å². The number of aryl methyl sites for hydroxylation is 1. The molecule has 1 heterocycles. The molecular weight excluding hydrogens is 228 g/mol. The Morgan fingerprint density at radius 3 is 2.81 bits per heavy atom. The van der Waals surface area contributed by atoms with Crippen LogP contribution in [0.4, 0.5) is 0 Å². The molecule has 16 heavy (non-hydrogen) atoms. The maximum absolute atomic E-state index is 11.5. The van der Waals surface area contributed by atoms with Gasteiger partial charge >= 0.3 is 0 Å². The summed E-state index contributed by atoms with van der Waals surface area (Å²) in [5, 5.41) is 7.74. The molecule has 1 aromatic rings. The molecule has 7 heteroatoms. The van der Waals surface area contributed by atoms with Gasteiger partial charge in [0.05, 0.1) is 18.0 Å². The molecule has 0 aliphatic carbocycles. The highest BCUT2D eigenvalue weighted by atomic mass is 32.2. The van der Waals surface area contributed by atoms with Gasteiger partial charge in [0.1, 0.15) is 0 Å². The van der Waals surface area contributed by atoms with Crippen LogP contribution in [0.2, 0.25) is 0 Å². The van der Waals surface area contributed by atoms with Gasteiger partial charge in [-0.2, -0.15) is 0 Å². The highest BCUT2D eigenvalue weighted by Crippen LogP contribution is 1.98. The molecule has 1 aromatic heterocycles. The second kappa shape index (κ2) is 5.95. The summed E-state index contributed by atoms with van der Waals surface area (Å²) in [7, 11) is -2.95. The van der Waals surface area contributed by atoms with Crippen LogP contribution < -0.4 is 5.73 Å². The third kappa shape index (κ3) is 4.28. The zero-order valence-corrected chi connectivity index (χ0v) is 10.3. The predicted molar refractivity (Wildman–Crippen MR) is 61.7 cm³/mol. The Morgan fingerprint density at radius 2 is 2.19 bits per heavy atom. The summed E-state index contributed by atoms with van der Waals surface area (Å²) >= 11 is 0. The van der Waals surface area contributed by atoms with Gasteiger partial charge in [-0.25, -0.2) is 8.42 Å². The lowest BCUT2D eigenvalue weighted by Crippen LogP contribution is -2.16. The zero-order chi connectivity index (χ0) is 12.0. The summed E-state index contributed by atoms with van der Waals surface area (Å²) in [5.41, 5.74) is 6.18. The molecule has 2 N–H and O–H groups in total. The van der Waals surface area contributed by atoms with Crippen LogP contribution >= 0.6 is 0 Å². The minimum Gasteiger partial charge on any atom is -0.330 e. The van der Waals surface area contributed by atoms with Gasteiger partial charge in [0.2, 0.25) is 0 Å². The first kappa shape index (κ1) is 13.1. The van der Waals surface area contributed by atoms with Crippen molar-refractivity contribution in [3.8, 4) is 0 Å². The largest absolute Gasteiger partial charge is 0.330 e. The monoisotopic (exact) mass is 246 g/mol. The van der Waals surface area contributed by atoms with Crippen molar-refractivity contribution in [2.24, 2.45) is 5.73 Å². The molecule has 0 fully saturated rings. The first-order chi connectivity index (χ1) is 7.57. The molecule has 0 aromatic carbocycles. The molecule has 1 rings (SSSR count). The van der Waals surface area contributed by atoms with Crippen LogP contribution in [-0.4, -0.2) is 41.5 Å². The molecule has 0 atom stereocenters. The van der Waals surface area contributed by atoms with Gasteiger partial charge in [-0.3, -0.25) is 4.68 Å². The first-order valence-electron chi connectivity index (χ1n) is 5.37. The van der Waals surface area contributed by atoms with Crippen molar-refractivity contribution < 1.29 is 8.42 Å². The van der Waals surface area contributed by atoms with Crippen LogP contribution in [0.1, 0.15) is 19.0 Å². The van der Waals surface area contributed by atoms with Crippen LogP contribution in [0, 0.1) is 0 Å². The van der Waals surface area contributed by atoms with E-state index in [1.165, 1.54) is 0 Å². The van der Waals surface area contributed by atoms with E-state index < -0.39 is 9.84 Å². The standard InChI is InChI=1S/C9H18N4O2S/c1-2-6-16(14,15)7-5-13-8-9(3-4-10)11-12-13/h8H,2-7,10H2,1H3. The zero-order valence-electron chi connectivity index (χ0n) is 9.46. The van der Waals surface area contributed by atoms with Gasteiger partial charge < -0.3 is 5.73 Å². The van der Waals surface area contributed by atoms with E-state index in [-0.39, 0.29) is 11.5 Å². The number of aromatic nitrogens is 3. The average molecular weight is 246 g/mol. The van der Waals surface area contributed by atoms with E-state index in [9.17, 15) is 8.42 Å². The summed E-state index contributed by atoms with van der Waals surface area (Å²) in [6.45, 7) is 2.74. The Hall–Kier alpha value is -0.950. The summed E-state index contributed by atoms with van der Waals surface area (Å²) in [6.07, 6.45) is 3.06. The SMILES string of the molecule is CCCS(=O)(=O)CCn1cc(CCN)nn1. The van der Waals surface area contributed by atoms with Crippen LogP contribution in [0.3, 0.4) is 0 Å². The van der Waals surface area contributed by atoms with Crippen molar-refractivity contribution >= 4 is 9.84 Å². The smallest absolute Gasteiger partial charge is 0.152 e. The second-order valence-corrected chi connectivity index (χ2v) is 5.97. The number of sulfone groups is 1. The quantitative estimate of drug-likeness (QED) is 0.707. The van der Waals surface area contributed by atoms with Crippen molar-refractivity contribution in [2.75, 3.05) is 18.1 Å². The molecular formula is C9H18N4O2S. The maximum atomic E-state index is 11.5. The van der Waals surface area contributed by atoms with E-state index in [1.807, 2.05) is 6.92 Å². The molecule has 0 aliphatic rings. The molecule has 0 amide bonds. The van der Waals surface area contributed by atoms with Gasteiger partial charge in [0.15, 0.2) is 9.84 Å². The molecule has 0 radical (unpaired) electrons. The van der Waals surface area contributed by atoms with E-state index in [1.54, 1.807) is 10.9 Å². The van der Waals surface area contributed by atoms with E-state index in [4.69, 9.17) is 5.73 Å². The Morgan fingerprint density at radius 1 is 1.44 bits per heavy atom. The molecule has 6 nitrogen and oxygen atoms in total. The number of hydrogen-bond acceptors (Lipinski definition) is 5. The van der Waals surface area contributed by atoms with Crippen molar-refractivity contribution in [2.45, 2.75) is 26.3 Å². The van der Waals surface area contributed by atoms with Gasteiger partial charge in [0.25, 0.3) is 0 Å². The molecule has 0 aliphatic heterocycles. The van der Waals surface area contributed by atoms with Gasteiger partial charge in [-0.1, -0.05) is 12.1 Å². The summed E-state index contributed by atoms with van der Waals surface area (Å²) < 4.78 is 24.5. The third-order valence-corrected chi connectivity index (χ3v) is 3.97. The lowest BCUT2D eigenvalue weighted by atomic mass is 10.3. The van der Waals surface area contributed by atoms with E-state index >= 15 is 0 Å². The van der Waals surface area contributed by atoms with Crippen LogP contribution in [-0.2, 0) is 22.8 Å². The Balaban J connectivity index is 2.48. The van der Waals surface area contributed by atoms with Crippen molar-refractivity contribution in [1.82, 2.24) is 15.0 Å². The summed E-state index contributed by atoms with van der Waals surface area (Å²) in [4.78, 5) is 0. The minimum atomic E-state index is -2.95. The number of nitrogens with two attached hydrogens (primary N) is 1. The highest BCUT2D eigenvalue weighted by molar-refractivity contribution is 7.91. The average Bonchev–Trinajstić information content (AvgIpc) is 2.64. The Labute approximate surface area is 95.7 Å². The lowest BCUT2D eigenvalue weighted by Gasteiger charge is -2.01. The van der Waals surface area contributed by atoms with E-state index in [0.717, 1.165) is 5.69 Å². The topological polar surface area (TPSA) is 90.9 Å². The van der Waals surface area contributed by atoms with Gasteiger partial charge in [0, 0.05) is 18.4 Å². The summed E-state index contributed by atoms with van der Waals surface area (Å²) in [6, 6.07) is 0. The fourth-order valence-corrected chi connectivity index (χ4v) is 2.65. The minimum absolute atomic E-state index is 0.117. The molecule has 0 bridgehead atoms. The third-order valence-electron chi connectivity index (χ3n) is 2.13. The summed E-state index contributed by atoms with van der Waals surface area (Å²) in [5.74, 6) is 0.351. The maximum Gasteiger partial charge on any atom is 0.152 e. The molecule has 92 valence electrons. The highest BCUT2D eigenvalue weighted by Gasteiger charge is 2.10. The fourth-order valence-electron chi connectivity index (χ4n) is 1.36. The Kier molecular flexibility index (Phi) is 4.88.